The average molecular weight is 289 g/mol. The quantitative estimate of drug-likeness (QED) is 0.734. The number of rotatable bonds is 2. The number of aryl methyl sites for hydroxylation is 1. The smallest absolute Gasteiger partial charge is 0.183 e. The van der Waals surface area contributed by atoms with Gasteiger partial charge < -0.3 is 9.72 Å². The number of H-pyrrole nitrogens is 1. The molecule has 2 aromatic heterocycles. The Labute approximate surface area is 119 Å². The van der Waals surface area contributed by atoms with Gasteiger partial charge in [-0.3, -0.25) is 4.57 Å². The first kappa shape index (κ1) is 12.8. The highest BCUT2D eigenvalue weighted by Gasteiger charge is 2.10. The lowest BCUT2D eigenvalue weighted by Gasteiger charge is -2.06. The maximum atomic E-state index is 13.8. The zero-order valence-corrected chi connectivity index (χ0v) is 11.8. The maximum Gasteiger partial charge on any atom is 0.183 e. The topological polar surface area (TPSA) is 42.8 Å². The largest absolute Gasteiger partial charge is 0.494 e. The highest BCUT2D eigenvalue weighted by atomic mass is 32.1. The molecule has 0 aliphatic heterocycles. The minimum Gasteiger partial charge on any atom is -0.494 e. The van der Waals surface area contributed by atoms with E-state index in [4.69, 9.17) is 17.0 Å². The van der Waals surface area contributed by atoms with E-state index in [9.17, 15) is 4.39 Å². The second kappa shape index (κ2) is 4.72. The average Bonchev–Trinajstić information content (AvgIpc) is 2.73. The molecule has 0 saturated carbocycles. The number of nitrogens with zero attached hydrogens (tertiary/aromatic N) is 2. The minimum atomic E-state index is -0.437. The van der Waals surface area contributed by atoms with E-state index in [0.717, 1.165) is 11.1 Å². The van der Waals surface area contributed by atoms with Crippen molar-refractivity contribution < 1.29 is 9.13 Å². The summed E-state index contributed by atoms with van der Waals surface area (Å²) >= 11 is 5.30. The number of pyridine rings is 1. The molecule has 0 saturated heterocycles. The number of aromatic amines is 1. The van der Waals surface area contributed by atoms with Crippen LogP contribution in [0.2, 0.25) is 0 Å². The van der Waals surface area contributed by atoms with E-state index in [1.54, 1.807) is 22.9 Å². The first-order chi connectivity index (χ1) is 9.60. The number of hydrogen-bond acceptors (Lipinski definition) is 3. The molecule has 102 valence electrons. The monoisotopic (exact) mass is 289 g/mol. The Morgan fingerprint density at radius 3 is 2.85 bits per heavy atom. The SMILES string of the molecule is COc1ccc(-n2c(=S)[nH]c3cc(C)cnc32)cc1F. The van der Waals surface area contributed by atoms with Crippen LogP contribution in [0.15, 0.2) is 30.5 Å². The third kappa shape index (κ3) is 1.98. The summed E-state index contributed by atoms with van der Waals surface area (Å²) in [7, 11) is 1.43. The molecule has 4 nitrogen and oxygen atoms in total. The summed E-state index contributed by atoms with van der Waals surface area (Å²) in [4.78, 5) is 7.44. The van der Waals surface area contributed by atoms with E-state index in [1.807, 2.05) is 13.0 Å². The Hall–Kier alpha value is -2.21. The van der Waals surface area contributed by atoms with E-state index in [-0.39, 0.29) is 5.75 Å². The zero-order chi connectivity index (χ0) is 14.3. The number of nitrogens with one attached hydrogen (secondary N) is 1. The number of hydrogen-bond donors (Lipinski definition) is 1. The fourth-order valence-electron chi connectivity index (χ4n) is 2.13. The summed E-state index contributed by atoms with van der Waals surface area (Å²) in [5, 5.41) is 0. The van der Waals surface area contributed by atoms with E-state index >= 15 is 0 Å². The number of methoxy groups -OCH3 is 1. The molecule has 1 aromatic carbocycles. The lowest BCUT2D eigenvalue weighted by atomic mass is 10.2. The zero-order valence-electron chi connectivity index (χ0n) is 11.0. The van der Waals surface area contributed by atoms with Crippen molar-refractivity contribution in [2.45, 2.75) is 6.92 Å². The molecule has 3 aromatic rings. The van der Waals surface area contributed by atoms with Crippen LogP contribution in [0.5, 0.6) is 5.75 Å². The van der Waals surface area contributed by atoms with E-state index in [1.165, 1.54) is 13.2 Å². The van der Waals surface area contributed by atoms with Crippen LogP contribution in [-0.2, 0) is 0 Å². The first-order valence-corrected chi connectivity index (χ1v) is 6.42. The van der Waals surface area contributed by atoms with Gasteiger partial charge in [0.15, 0.2) is 22.0 Å². The summed E-state index contributed by atoms with van der Waals surface area (Å²) in [5.74, 6) is -0.239. The summed E-state index contributed by atoms with van der Waals surface area (Å²) in [6.07, 6.45) is 1.75. The fraction of sp³-hybridized carbons (Fsp3) is 0.143. The molecule has 0 spiro atoms. The van der Waals surface area contributed by atoms with Crippen LogP contribution in [0.25, 0.3) is 16.9 Å². The molecule has 0 fully saturated rings. The predicted octanol–water partition coefficient (Wildman–Crippen LogP) is 3.54. The summed E-state index contributed by atoms with van der Waals surface area (Å²) in [6.45, 7) is 1.95. The van der Waals surface area contributed by atoms with Crippen molar-refractivity contribution in [1.29, 1.82) is 0 Å². The van der Waals surface area contributed by atoms with Crippen molar-refractivity contribution >= 4 is 23.4 Å². The number of ether oxygens (including phenoxy) is 1. The summed E-state index contributed by atoms with van der Waals surface area (Å²) in [5.41, 5.74) is 3.13. The molecule has 3 rings (SSSR count). The Balaban J connectivity index is 2.26. The van der Waals surface area contributed by atoms with Crippen LogP contribution in [-0.4, -0.2) is 21.6 Å². The molecule has 0 aliphatic rings. The van der Waals surface area contributed by atoms with Gasteiger partial charge in [-0.25, -0.2) is 9.37 Å². The van der Waals surface area contributed by atoms with Crippen LogP contribution in [0.4, 0.5) is 4.39 Å². The molecular formula is C14H12FN3OS. The third-order valence-corrected chi connectivity index (χ3v) is 3.34. The maximum absolute atomic E-state index is 13.8. The van der Waals surface area contributed by atoms with Crippen LogP contribution < -0.4 is 4.74 Å². The van der Waals surface area contributed by atoms with Crippen molar-refractivity contribution in [2.24, 2.45) is 0 Å². The van der Waals surface area contributed by atoms with Gasteiger partial charge in [-0.2, -0.15) is 0 Å². The number of aromatic nitrogens is 3. The van der Waals surface area contributed by atoms with Gasteiger partial charge in [0.2, 0.25) is 0 Å². The Morgan fingerprint density at radius 1 is 1.35 bits per heavy atom. The molecule has 1 N–H and O–H groups in total. The number of imidazole rings is 1. The Bertz CT molecular complexity index is 853. The molecule has 2 heterocycles. The van der Waals surface area contributed by atoms with Gasteiger partial charge in [0.25, 0.3) is 0 Å². The number of fused-ring (bicyclic) bond motifs is 1. The van der Waals surface area contributed by atoms with Crippen LogP contribution >= 0.6 is 12.2 Å². The number of benzene rings is 1. The molecule has 0 amide bonds. The van der Waals surface area contributed by atoms with Crippen molar-refractivity contribution in [3.8, 4) is 11.4 Å². The predicted molar refractivity (Wildman–Crippen MR) is 77.5 cm³/mol. The van der Waals surface area contributed by atoms with Gasteiger partial charge in [-0.1, -0.05) is 0 Å². The van der Waals surface area contributed by atoms with Gasteiger partial charge >= 0.3 is 0 Å². The first-order valence-electron chi connectivity index (χ1n) is 6.01. The highest BCUT2D eigenvalue weighted by Crippen LogP contribution is 2.23. The van der Waals surface area contributed by atoms with Gasteiger partial charge in [0.1, 0.15) is 0 Å². The summed E-state index contributed by atoms with van der Waals surface area (Å²) in [6, 6.07) is 6.64. The number of halogens is 1. The van der Waals surface area contributed by atoms with Crippen LogP contribution in [0, 0.1) is 17.5 Å². The Morgan fingerprint density at radius 2 is 2.15 bits per heavy atom. The van der Waals surface area contributed by atoms with Gasteiger partial charge in [0.05, 0.1) is 18.3 Å². The van der Waals surface area contributed by atoms with Crippen LogP contribution in [0.1, 0.15) is 5.56 Å². The van der Waals surface area contributed by atoms with E-state index in [0.29, 0.717) is 16.1 Å². The van der Waals surface area contributed by atoms with Crippen molar-refractivity contribution in [3.63, 3.8) is 0 Å². The second-order valence-electron chi connectivity index (χ2n) is 4.47. The van der Waals surface area contributed by atoms with Gasteiger partial charge in [-0.05, 0) is 42.9 Å². The van der Waals surface area contributed by atoms with Crippen molar-refractivity contribution in [2.75, 3.05) is 7.11 Å². The lowest BCUT2D eigenvalue weighted by molar-refractivity contribution is 0.386. The molecule has 6 heteroatoms. The summed E-state index contributed by atoms with van der Waals surface area (Å²) < 4.78 is 20.9. The van der Waals surface area contributed by atoms with Crippen molar-refractivity contribution in [1.82, 2.24) is 14.5 Å². The second-order valence-corrected chi connectivity index (χ2v) is 4.85. The standard InChI is InChI=1S/C14H12FN3OS/c1-8-5-11-13(16-7-8)18(14(20)17-11)9-3-4-12(19-2)10(15)6-9/h3-7H,1-2H3,(H,17,20). The fourth-order valence-corrected chi connectivity index (χ4v) is 2.44. The van der Waals surface area contributed by atoms with Gasteiger partial charge in [0, 0.05) is 12.3 Å². The lowest BCUT2D eigenvalue weighted by Crippen LogP contribution is -1.97. The molecule has 0 radical (unpaired) electrons. The molecule has 0 atom stereocenters. The molecule has 0 aliphatic carbocycles. The molecule has 20 heavy (non-hydrogen) atoms. The van der Waals surface area contributed by atoms with Gasteiger partial charge in [-0.15, -0.1) is 0 Å². The normalized spacial score (nSPS) is 10.9. The highest BCUT2D eigenvalue weighted by molar-refractivity contribution is 7.71. The molecule has 0 unspecified atom stereocenters. The van der Waals surface area contributed by atoms with E-state index < -0.39 is 5.82 Å². The van der Waals surface area contributed by atoms with Crippen molar-refractivity contribution in [3.05, 3.63) is 46.6 Å². The van der Waals surface area contributed by atoms with E-state index in [2.05, 4.69) is 9.97 Å². The molecule has 0 bridgehead atoms. The Kier molecular flexibility index (Phi) is 3.02. The van der Waals surface area contributed by atoms with Crippen LogP contribution in [0.3, 0.4) is 0 Å². The minimum absolute atomic E-state index is 0.198. The third-order valence-electron chi connectivity index (χ3n) is 3.05. The molecular weight excluding hydrogens is 277 g/mol.